The van der Waals surface area contributed by atoms with Gasteiger partial charge < -0.3 is 5.32 Å². The topological polar surface area (TPSA) is 34.8 Å². The Hall–Kier alpha value is -0.190. The van der Waals surface area contributed by atoms with Gasteiger partial charge in [0, 0.05) is 12.7 Å². The van der Waals surface area contributed by atoms with E-state index in [-0.39, 0.29) is 0 Å². The second-order valence-corrected chi connectivity index (χ2v) is 4.67. The summed E-state index contributed by atoms with van der Waals surface area (Å²) < 4.78 is 0. The van der Waals surface area contributed by atoms with Gasteiger partial charge in [-0.05, 0) is 22.9 Å². The molecule has 0 aliphatic carbocycles. The predicted molar refractivity (Wildman–Crippen MR) is 49.5 cm³/mol. The first-order valence-corrected chi connectivity index (χ1v) is 5.64. The van der Waals surface area contributed by atoms with E-state index in [0.29, 0.717) is 5.37 Å². The van der Waals surface area contributed by atoms with Crippen molar-refractivity contribution in [2.75, 3.05) is 6.54 Å². The third kappa shape index (κ3) is 2.39. The molecule has 58 valence electrons. The van der Waals surface area contributed by atoms with Crippen molar-refractivity contribution < 1.29 is 0 Å². The van der Waals surface area contributed by atoms with Crippen LogP contribution >= 0.6 is 21.6 Å². The summed E-state index contributed by atoms with van der Waals surface area (Å²) >= 11 is 0. The van der Waals surface area contributed by atoms with Crippen molar-refractivity contribution in [1.29, 1.82) is 0 Å². The van der Waals surface area contributed by atoms with E-state index in [4.69, 9.17) is 0 Å². The molecule has 0 aromatic carbocycles. The maximum absolute atomic E-state index is 4.19. The van der Waals surface area contributed by atoms with Crippen LogP contribution in [0.25, 0.3) is 0 Å². The lowest BCUT2D eigenvalue weighted by Crippen LogP contribution is -1.78. The van der Waals surface area contributed by atoms with Gasteiger partial charge in [0.1, 0.15) is 5.03 Å². The van der Waals surface area contributed by atoms with Gasteiger partial charge in [0.2, 0.25) is 0 Å². The normalized spacial score (nSPS) is 21.6. The van der Waals surface area contributed by atoms with Gasteiger partial charge in [0.15, 0.2) is 0 Å². The van der Waals surface area contributed by atoms with Crippen LogP contribution in [0, 0.1) is 0 Å². The summed E-state index contributed by atoms with van der Waals surface area (Å²) in [5.41, 5.74) is 0. The molecule has 1 saturated heterocycles. The largest absolute Gasteiger partial charge is 0.301 e. The summed E-state index contributed by atoms with van der Waals surface area (Å²) in [6.07, 6.45) is 1.82. The summed E-state index contributed by atoms with van der Waals surface area (Å²) in [5.74, 6) is 0. The second-order valence-electron chi connectivity index (χ2n) is 2.24. The molecule has 11 heavy (non-hydrogen) atoms. The molecule has 1 aromatic rings. The lowest BCUT2D eigenvalue weighted by molar-refractivity contribution is 1.14. The van der Waals surface area contributed by atoms with Gasteiger partial charge in [-0.15, -0.1) is 0 Å². The number of nitrogens with one attached hydrogen (secondary N) is 1. The lowest BCUT2D eigenvalue weighted by Gasteiger charge is -1.94. The van der Waals surface area contributed by atoms with Gasteiger partial charge in [-0.1, -0.05) is 16.9 Å². The summed E-state index contributed by atoms with van der Waals surface area (Å²) in [4.78, 5) is 4.19. The number of hydrogen-bond acceptors (Lipinski definition) is 4. The van der Waals surface area contributed by atoms with E-state index in [1.165, 1.54) is 0 Å². The molecular weight excluding hydrogens is 176 g/mol. The third-order valence-corrected chi connectivity index (χ3v) is 3.83. The Labute approximate surface area is 73.6 Å². The minimum atomic E-state index is 0.655. The van der Waals surface area contributed by atoms with E-state index in [9.17, 15) is 0 Å². The van der Waals surface area contributed by atoms with Gasteiger partial charge in [-0.25, -0.2) is 4.98 Å². The average Bonchev–Trinajstić information content (AvgIpc) is 2.86. The molecule has 1 aromatic heterocycles. The molecule has 0 radical (unpaired) electrons. The van der Waals surface area contributed by atoms with Crippen LogP contribution in [0.3, 0.4) is 0 Å². The van der Waals surface area contributed by atoms with Crippen LogP contribution < -0.4 is 5.32 Å². The monoisotopic (exact) mass is 184 g/mol. The van der Waals surface area contributed by atoms with Crippen LogP contribution in [0.1, 0.15) is 0 Å². The highest BCUT2D eigenvalue weighted by Crippen LogP contribution is 2.34. The Morgan fingerprint density at radius 1 is 1.55 bits per heavy atom. The highest BCUT2D eigenvalue weighted by molar-refractivity contribution is 8.77. The van der Waals surface area contributed by atoms with Crippen molar-refractivity contribution in [2.24, 2.45) is 0 Å². The fraction of sp³-hybridized carbons (Fsp3) is 0.286. The van der Waals surface area contributed by atoms with Crippen molar-refractivity contribution >= 4 is 21.6 Å². The number of aromatic nitrogens is 1. The van der Waals surface area contributed by atoms with Gasteiger partial charge in [-0.3, -0.25) is 0 Å². The smallest absolute Gasteiger partial charge is 0.107 e. The molecule has 2 nitrogen and oxygen atoms in total. The first-order valence-electron chi connectivity index (χ1n) is 3.43. The molecule has 2 rings (SSSR count). The fourth-order valence-electron chi connectivity index (χ4n) is 0.620. The molecule has 1 atom stereocenters. The molecule has 1 unspecified atom stereocenters. The van der Waals surface area contributed by atoms with Crippen LogP contribution in [0.15, 0.2) is 29.4 Å². The summed E-state index contributed by atoms with van der Waals surface area (Å²) in [6, 6.07) is 5.97. The maximum Gasteiger partial charge on any atom is 0.107 e. The zero-order valence-corrected chi connectivity index (χ0v) is 7.49. The molecule has 4 heteroatoms. The molecule has 0 amide bonds. The second kappa shape index (κ2) is 3.47. The predicted octanol–water partition coefficient (Wildman–Crippen LogP) is 1.75. The van der Waals surface area contributed by atoms with Crippen LogP contribution in [0.5, 0.6) is 0 Å². The zero-order chi connectivity index (χ0) is 7.52. The van der Waals surface area contributed by atoms with Gasteiger partial charge in [-0.2, -0.15) is 0 Å². The summed E-state index contributed by atoms with van der Waals surface area (Å²) in [5, 5.41) is 4.96. The molecule has 1 fully saturated rings. The zero-order valence-electron chi connectivity index (χ0n) is 5.86. The Morgan fingerprint density at radius 3 is 3.09 bits per heavy atom. The third-order valence-electron chi connectivity index (χ3n) is 1.26. The number of nitrogens with zero attached hydrogens (tertiary/aromatic N) is 1. The first kappa shape index (κ1) is 7.46. The van der Waals surface area contributed by atoms with Crippen molar-refractivity contribution in [1.82, 2.24) is 10.3 Å². The van der Waals surface area contributed by atoms with Crippen molar-refractivity contribution in [3.63, 3.8) is 0 Å². The number of hydrogen-bond donors (Lipinski definition) is 1. The molecular formula is C7H8N2S2. The maximum atomic E-state index is 4.19. The SMILES string of the molecule is c1ccc(SSC2CN2)nc1. The highest BCUT2D eigenvalue weighted by atomic mass is 33.1. The van der Waals surface area contributed by atoms with Crippen LogP contribution in [0.2, 0.25) is 0 Å². The van der Waals surface area contributed by atoms with Gasteiger partial charge in [0.25, 0.3) is 0 Å². The Balaban J connectivity index is 1.85. The first-order chi connectivity index (χ1) is 5.45. The lowest BCUT2D eigenvalue weighted by atomic mass is 10.5. The van der Waals surface area contributed by atoms with Crippen LogP contribution in [-0.4, -0.2) is 16.9 Å². The number of pyridine rings is 1. The van der Waals surface area contributed by atoms with Crippen molar-refractivity contribution in [2.45, 2.75) is 10.4 Å². The van der Waals surface area contributed by atoms with Gasteiger partial charge >= 0.3 is 0 Å². The summed E-state index contributed by atoms with van der Waals surface area (Å²) in [7, 11) is 3.57. The van der Waals surface area contributed by atoms with E-state index in [2.05, 4.69) is 10.3 Å². The van der Waals surface area contributed by atoms with Gasteiger partial charge in [0.05, 0.1) is 5.37 Å². The molecule has 1 aliphatic heterocycles. The van der Waals surface area contributed by atoms with Crippen LogP contribution in [-0.2, 0) is 0 Å². The Morgan fingerprint density at radius 2 is 2.45 bits per heavy atom. The standard InChI is InChI=1S/C7H8N2S2/c1-2-4-8-6(3-1)10-11-7-5-9-7/h1-4,7,9H,5H2. The molecule has 2 heterocycles. The Kier molecular flexibility index (Phi) is 2.35. The molecule has 0 saturated carbocycles. The van der Waals surface area contributed by atoms with E-state index in [0.717, 1.165) is 11.6 Å². The quantitative estimate of drug-likeness (QED) is 0.573. The van der Waals surface area contributed by atoms with Crippen molar-refractivity contribution in [3.05, 3.63) is 24.4 Å². The van der Waals surface area contributed by atoms with E-state index >= 15 is 0 Å². The van der Waals surface area contributed by atoms with Crippen LogP contribution in [0.4, 0.5) is 0 Å². The van der Waals surface area contributed by atoms with E-state index < -0.39 is 0 Å². The average molecular weight is 184 g/mol. The highest BCUT2D eigenvalue weighted by Gasteiger charge is 2.20. The minimum Gasteiger partial charge on any atom is -0.301 e. The summed E-state index contributed by atoms with van der Waals surface area (Å²) in [6.45, 7) is 1.14. The molecule has 0 spiro atoms. The Bertz CT molecular complexity index is 223. The van der Waals surface area contributed by atoms with Crippen molar-refractivity contribution in [3.8, 4) is 0 Å². The van der Waals surface area contributed by atoms with E-state index in [1.54, 1.807) is 10.8 Å². The fourth-order valence-corrected chi connectivity index (χ4v) is 2.65. The minimum absolute atomic E-state index is 0.655. The molecule has 1 aliphatic rings. The molecule has 1 N–H and O–H groups in total. The molecule has 0 bridgehead atoms. The van der Waals surface area contributed by atoms with E-state index in [1.807, 2.05) is 35.2 Å². The number of rotatable bonds is 3.